The lowest BCUT2D eigenvalue weighted by Crippen LogP contribution is -2.30. The van der Waals surface area contributed by atoms with Gasteiger partial charge in [0.2, 0.25) is 0 Å². The summed E-state index contributed by atoms with van der Waals surface area (Å²) in [5.41, 5.74) is 1.98. The summed E-state index contributed by atoms with van der Waals surface area (Å²) in [5, 5.41) is 6.58. The van der Waals surface area contributed by atoms with Crippen molar-refractivity contribution in [3.63, 3.8) is 0 Å². The minimum absolute atomic E-state index is 0. The van der Waals surface area contributed by atoms with Crippen LogP contribution in [-0.4, -0.2) is 44.4 Å². The monoisotopic (exact) mass is 484 g/mol. The Hall–Kier alpha value is -1.87. The van der Waals surface area contributed by atoms with Crippen molar-refractivity contribution >= 4 is 35.6 Å². The highest BCUT2D eigenvalue weighted by Crippen LogP contribution is 2.17. The molecule has 1 aromatic heterocycles. The fourth-order valence-corrected chi connectivity index (χ4v) is 2.33. The number of hydrogen-bond donors (Lipinski definition) is 2. The molecule has 1 heterocycles. The summed E-state index contributed by atoms with van der Waals surface area (Å²) in [6.07, 6.45) is 3.48. The van der Waals surface area contributed by atoms with E-state index >= 15 is 0 Å². The maximum atomic E-state index is 5.74. The van der Waals surface area contributed by atoms with Gasteiger partial charge in [0.05, 0.1) is 6.61 Å². The zero-order valence-electron chi connectivity index (χ0n) is 16.0. The Morgan fingerprint density at radius 1 is 1.15 bits per heavy atom. The van der Waals surface area contributed by atoms with E-state index in [2.05, 4.69) is 20.6 Å². The Labute approximate surface area is 178 Å². The van der Waals surface area contributed by atoms with Crippen molar-refractivity contribution in [2.45, 2.75) is 19.8 Å². The van der Waals surface area contributed by atoms with Crippen LogP contribution in [0.1, 0.15) is 19.0 Å². The zero-order chi connectivity index (χ0) is 18.5. The van der Waals surface area contributed by atoms with Gasteiger partial charge < -0.3 is 20.1 Å². The summed E-state index contributed by atoms with van der Waals surface area (Å²) in [7, 11) is 1.69. The molecule has 2 rings (SSSR count). The van der Waals surface area contributed by atoms with Crippen molar-refractivity contribution in [2.75, 3.05) is 38.7 Å². The van der Waals surface area contributed by atoms with Gasteiger partial charge in [-0.25, -0.2) is 0 Å². The number of benzene rings is 1. The number of halogens is 1. The van der Waals surface area contributed by atoms with Gasteiger partial charge in [-0.3, -0.25) is 9.98 Å². The van der Waals surface area contributed by atoms with Gasteiger partial charge in [0, 0.05) is 63.3 Å². The first-order valence-corrected chi connectivity index (χ1v) is 8.99. The largest absolute Gasteiger partial charge is 0.493 e. The van der Waals surface area contributed by atoms with Crippen molar-refractivity contribution in [3.05, 3.63) is 54.4 Å². The van der Waals surface area contributed by atoms with Crippen LogP contribution in [0.25, 0.3) is 0 Å². The van der Waals surface area contributed by atoms with Gasteiger partial charge in [0.1, 0.15) is 5.75 Å². The third-order valence-corrected chi connectivity index (χ3v) is 3.57. The van der Waals surface area contributed by atoms with Crippen molar-refractivity contribution in [1.82, 2.24) is 10.3 Å². The summed E-state index contributed by atoms with van der Waals surface area (Å²) in [6.45, 7) is 4.84. The summed E-state index contributed by atoms with van der Waals surface area (Å²) in [4.78, 5) is 8.94. The predicted molar refractivity (Wildman–Crippen MR) is 121 cm³/mol. The molecule has 0 unspecified atom stereocenters. The lowest BCUT2D eigenvalue weighted by atomic mass is 10.3. The van der Waals surface area contributed by atoms with Crippen LogP contribution in [0.2, 0.25) is 0 Å². The second-order valence-corrected chi connectivity index (χ2v) is 5.68. The van der Waals surface area contributed by atoms with Crippen LogP contribution < -0.4 is 15.4 Å². The molecule has 27 heavy (non-hydrogen) atoms. The number of nitrogens with zero attached hydrogens (tertiary/aromatic N) is 2. The molecule has 0 bridgehead atoms. The van der Waals surface area contributed by atoms with E-state index in [4.69, 9.17) is 9.47 Å². The van der Waals surface area contributed by atoms with Gasteiger partial charge in [-0.15, -0.1) is 24.0 Å². The van der Waals surface area contributed by atoms with E-state index in [1.165, 1.54) is 0 Å². The van der Waals surface area contributed by atoms with Crippen LogP contribution in [0.5, 0.6) is 5.75 Å². The van der Waals surface area contributed by atoms with Gasteiger partial charge in [0.15, 0.2) is 5.96 Å². The molecule has 2 N–H and O–H groups in total. The van der Waals surface area contributed by atoms with Gasteiger partial charge in [0.25, 0.3) is 0 Å². The van der Waals surface area contributed by atoms with E-state index in [1.807, 2.05) is 49.4 Å². The highest BCUT2D eigenvalue weighted by Gasteiger charge is 2.02. The number of guanidine groups is 1. The summed E-state index contributed by atoms with van der Waals surface area (Å²) in [6, 6.07) is 13.8. The van der Waals surface area contributed by atoms with Gasteiger partial charge >= 0.3 is 0 Å². The molecule has 2 aromatic rings. The van der Waals surface area contributed by atoms with E-state index in [9.17, 15) is 0 Å². The van der Waals surface area contributed by atoms with Crippen LogP contribution >= 0.6 is 24.0 Å². The minimum Gasteiger partial charge on any atom is -0.493 e. The number of rotatable bonds is 10. The van der Waals surface area contributed by atoms with Crippen molar-refractivity contribution in [3.8, 4) is 5.75 Å². The first-order valence-electron chi connectivity index (χ1n) is 8.99. The van der Waals surface area contributed by atoms with Crippen LogP contribution in [-0.2, 0) is 11.2 Å². The first-order chi connectivity index (χ1) is 12.8. The quantitative estimate of drug-likeness (QED) is 0.233. The molecule has 0 fully saturated rings. The number of hydrogen-bond acceptors (Lipinski definition) is 4. The fraction of sp³-hybridized carbons (Fsp3) is 0.400. The molecule has 0 saturated carbocycles. The molecule has 0 spiro atoms. The molecule has 1 aromatic carbocycles. The Morgan fingerprint density at radius 3 is 2.78 bits per heavy atom. The number of anilines is 1. The van der Waals surface area contributed by atoms with Crippen molar-refractivity contribution in [1.29, 1.82) is 0 Å². The third kappa shape index (κ3) is 9.58. The number of ether oxygens (including phenoxy) is 2. The normalized spacial score (nSPS) is 10.8. The van der Waals surface area contributed by atoms with Gasteiger partial charge in [-0.2, -0.15) is 0 Å². The average molecular weight is 484 g/mol. The van der Waals surface area contributed by atoms with E-state index in [-0.39, 0.29) is 24.0 Å². The summed E-state index contributed by atoms with van der Waals surface area (Å²) >= 11 is 0. The molecular weight excluding hydrogens is 455 g/mol. The highest BCUT2D eigenvalue weighted by atomic mass is 127. The molecular formula is C20H29IN4O2. The van der Waals surface area contributed by atoms with E-state index in [1.54, 1.807) is 13.3 Å². The van der Waals surface area contributed by atoms with Crippen LogP contribution in [0.3, 0.4) is 0 Å². The van der Waals surface area contributed by atoms with Crippen LogP contribution in [0.15, 0.2) is 53.7 Å². The molecule has 0 saturated heterocycles. The standard InChI is InChI=1S/C20H28N4O2.HI/c1-3-21-20(23-13-11-17-8-4-5-12-22-17)24-18-9-6-10-19(16-18)26-15-7-14-25-2;/h4-6,8-10,12,16H,3,7,11,13-15H2,1-2H3,(H2,21,23,24);1H. The smallest absolute Gasteiger partial charge is 0.195 e. The van der Waals surface area contributed by atoms with E-state index in [0.717, 1.165) is 42.5 Å². The molecule has 6 nitrogen and oxygen atoms in total. The molecule has 0 aliphatic carbocycles. The topological polar surface area (TPSA) is 67.8 Å². The van der Waals surface area contributed by atoms with Crippen molar-refractivity contribution < 1.29 is 9.47 Å². The maximum Gasteiger partial charge on any atom is 0.195 e. The second-order valence-electron chi connectivity index (χ2n) is 5.68. The maximum absolute atomic E-state index is 5.74. The van der Waals surface area contributed by atoms with Crippen molar-refractivity contribution in [2.24, 2.45) is 4.99 Å². The first kappa shape index (κ1) is 23.2. The molecule has 7 heteroatoms. The molecule has 0 atom stereocenters. The lowest BCUT2D eigenvalue weighted by Gasteiger charge is -2.13. The SMILES string of the molecule is CCNC(=NCCc1ccccn1)Nc1cccc(OCCCOC)c1.I. The predicted octanol–water partition coefficient (Wildman–Crippen LogP) is 3.74. The lowest BCUT2D eigenvalue weighted by molar-refractivity contribution is 0.172. The summed E-state index contributed by atoms with van der Waals surface area (Å²) in [5.74, 6) is 1.58. The van der Waals surface area contributed by atoms with Crippen LogP contribution in [0, 0.1) is 0 Å². The third-order valence-electron chi connectivity index (χ3n) is 3.57. The fourth-order valence-electron chi connectivity index (χ4n) is 2.33. The zero-order valence-corrected chi connectivity index (χ0v) is 18.3. The van der Waals surface area contributed by atoms with Gasteiger partial charge in [-0.1, -0.05) is 12.1 Å². The molecule has 148 valence electrons. The molecule has 0 aliphatic heterocycles. The summed E-state index contributed by atoms with van der Waals surface area (Å²) < 4.78 is 10.8. The number of nitrogens with one attached hydrogen (secondary N) is 2. The van der Waals surface area contributed by atoms with Gasteiger partial charge in [-0.05, 0) is 31.2 Å². The molecule has 0 aliphatic rings. The number of aliphatic imine (C=N–C) groups is 1. The molecule has 0 radical (unpaired) electrons. The van der Waals surface area contributed by atoms with E-state index in [0.29, 0.717) is 19.8 Å². The Kier molecular flexibility index (Phi) is 12.2. The minimum atomic E-state index is 0. The number of aromatic nitrogens is 1. The second kappa shape index (κ2) is 14.2. The van der Waals surface area contributed by atoms with E-state index < -0.39 is 0 Å². The Balaban J connectivity index is 0.00000364. The number of methoxy groups -OCH3 is 1. The Bertz CT molecular complexity index is 668. The highest BCUT2D eigenvalue weighted by molar-refractivity contribution is 14.0. The Morgan fingerprint density at radius 2 is 2.04 bits per heavy atom. The number of pyridine rings is 1. The molecule has 0 amide bonds. The average Bonchev–Trinajstić information content (AvgIpc) is 2.67. The van der Waals surface area contributed by atoms with Crippen LogP contribution in [0.4, 0.5) is 5.69 Å².